The molecule has 0 unspecified atom stereocenters. The van der Waals surface area contributed by atoms with Crippen LogP contribution in [0.15, 0.2) is 30.3 Å². The fraction of sp³-hybridized carbons (Fsp3) is 0.467. The Labute approximate surface area is 230 Å². The molecule has 1 N–H and O–H groups in total. The Morgan fingerprint density at radius 3 is 2.59 bits per heavy atom. The number of hydrogen-bond donors (Lipinski definition) is 1. The maximum atomic E-state index is 12.2. The van der Waals surface area contributed by atoms with Gasteiger partial charge in [0.2, 0.25) is 5.91 Å². The minimum absolute atomic E-state index is 0.0524. The number of nitriles is 1. The zero-order valence-corrected chi connectivity index (χ0v) is 23.5. The fourth-order valence-corrected chi connectivity index (χ4v) is 5.87. The van der Waals surface area contributed by atoms with Crippen molar-refractivity contribution < 1.29 is 9.53 Å². The highest BCUT2D eigenvalue weighted by Crippen LogP contribution is 2.37. The van der Waals surface area contributed by atoms with Crippen molar-refractivity contribution in [3.8, 4) is 11.8 Å². The molecule has 2 aliphatic rings. The van der Waals surface area contributed by atoms with Gasteiger partial charge in [0.15, 0.2) is 0 Å². The summed E-state index contributed by atoms with van der Waals surface area (Å²) >= 11 is 0. The monoisotopic (exact) mass is 527 g/mol. The number of carbonyl (C=O) groups is 1. The third-order valence-corrected chi connectivity index (χ3v) is 8.23. The number of benzene rings is 2. The van der Waals surface area contributed by atoms with Crippen LogP contribution in [0.25, 0.3) is 10.9 Å². The van der Waals surface area contributed by atoms with Crippen molar-refractivity contribution in [2.24, 2.45) is 0 Å². The van der Waals surface area contributed by atoms with Gasteiger partial charge in [0, 0.05) is 50.7 Å². The van der Waals surface area contributed by atoms with Gasteiger partial charge in [-0.15, -0.1) is 0 Å². The summed E-state index contributed by atoms with van der Waals surface area (Å²) < 4.78 is 5.83. The number of nitrogens with one attached hydrogen (secondary N) is 1. The van der Waals surface area contributed by atoms with E-state index in [2.05, 4.69) is 40.2 Å². The number of nitrogens with zero attached hydrogens (tertiary/aromatic N) is 6. The second kappa shape index (κ2) is 11.1. The second-order valence-electron chi connectivity index (χ2n) is 10.7. The zero-order valence-electron chi connectivity index (χ0n) is 23.5. The number of ether oxygens (including phenoxy) is 1. The molecule has 0 saturated carbocycles. The minimum Gasteiger partial charge on any atom is -0.495 e. The van der Waals surface area contributed by atoms with Gasteiger partial charge in [0.05, 0.1) is 42.5 Å². The van der Waals surface area contributed by atoms with Gasteiger partial charge in [0.1, 0.15) is 17.4 Å². The lowest BCUT2D eigenvalue weighted by Crippen LogP contribution is -2.54. The van der Waals surface area contributed by atoms with E-state index in [1.165, 1.54) is 0 Å². The number of piperazine rings is 1. The van der Waals surface area contributed by atoms with Crippen LogP contribution in [0.2, 0.25) is 0 Å². The van der Waals surface area contributed by atoms with Gasteiger partial charge in [0.25, 0.3) is 0 Å². The van der Waals surface area contributed by atoms with Gasteiger partial charge in [-0.25, -0.2) is 9.97 Å². The molecular weight excluding hydrogens is 490 g/mol. The Hall–Kier alpha value is -3.90. The summed E-state index contributed by atoms with van der Waals surface area (Å²) in [7, 11) is 3.58. The number of fused-ring (bicyclic) bond motifs is 1. The van der Waals surface area contributed by atoms with Gasteiger partial charge in [-0.05, 0) is 56.9 Å². The summed E-state index contributed by atoms with van der Waals surface area (Å²) in [5.74, 6) is 2.45. The van der Waals surface area contributed by atoms with Crippen molar-refractivity contribution in [3.05, 3.63) is 52.8 Å². The van der Waals surface area contributed by atoms with Crippen LogP contribution in [-0.2, 0) is 4.79 Å². The van der Waals surface area contributed by atoms with E-state index in [9.17, 15) is 10.1 Å². The minimum atomic E-state index is -0.0524. The molecule has 0 radical (unpaired) electrons. The molecule has 5 rings (SSSR count). The van der Waals surface area contributed by atoms with Crippen molar-refractivity contribution in [1.82, 2.24) is 19.8 Å². The molecule has 0 aliphatic carbocycles. The van der Waals surface area contributed by atoms with E-state index in [0.717, 1.165) is 78.3 Å². The quantitative estimate of drug-likeness (QED) is 0.513. The Morgan fingerprint density at radius 2 is 1.90 bits per heavy atom. The van der Waals surface area contributed by atoms with E-state index in [-0.39, 0.29) is 11.9 Å². The number of rotatable bonds is 6. The average molecular weight is 528 g/mol. The maximum absolute atomic E-state index is 12.2. The van der Waals surface area contributed by atoms with Gasteiger partial charge in [-0.2, -0.15) is 5.26 Å². The Kier molecular flexibility index (Phi) is 7.58. The molecule has 2 saturated heterocycles. The van der Waals surface area contributed by atoms with E-state index in [4.69, 9.17) is 14.7 Å². The smallest absolute Gasteiger partial charge is 0.236 e. The standard InChI is InChI=1S/C30H37N7O2/c1-19-22(17-31)7-6-8-24(19)20(2)32-30-25-15-27(28(39-5)16-26(25)33-21(3)34-30)36-11-9-23(10-12-36)37-14-13-35(4)29(38)18-37/h6-8,15-16,20,23H,9-14,18H2,1-5H3,(H,32,33,34)/t20-/m1/s1. The van der Waals surface area contributed by atoms with Crippen LogP contribution < -0.4 is 15.0 Å². The predicted molar refractivity (Wildman–Crippen MR) is 153 cm³/mol. The lowest BCUT2D eigenvalue weighted by molar-refractivity contribution is -0.135. The Balaban J connectivity index is 1.41. The summed E-state index contributed by atoms with van der Waals surface area (Å²) in [6.07, 6.45) is 2.00. The summed E-state index contributed by atoms with van der Waals surface area (Å²) in [6.45, 7) is 9.99. The van der Waals surface area contributed by atoms with Crippen LogP contribution in [0.3, 0.4) is 0 Å². The lowest BCUT2D eigenvalue weighted by Gasteiger charge is -2.42. The first-order valence-electron chi connectivity index (χ1n) is 13.6. The van der Waals surface area contributed by atoms with Gasteiger partial charge < -0.3 is 19.9 Å². The summed E-state index contributed by atoms with van der Waals surface area (Å²) in [4.78, 5) is 28.3. The second-order valence-corrected chi connectivity index (χ2v) is 10.7. The van der Waals surface area contributed by atoms with Crippen molar-refractivity contribution in [3.63, 3.8) is 0 Å². The van der Waals surface area contributed by atoms with Gasteiger partial charge in [-0.1, -0.05) is 12.1 Å². The lowest BCUT2D eigenvalue weighted by atomic mass is 9.98. The number of piperidine rings is 1. The Morgan fingerprint density at radius 1 is 1.13 bits per heavy atom. The molecule has 204 valence electrons. The molecule has 1 aromatic heterocycles. The van der Waals surface area contributed by atoms with Crippen molar-refractivity contribution >= 4 is 28.3 Å². The first kappa shape index (κ1) is 26.7. The summed E-state index contributed by atoms with van der Waals surface area (Å²) in [5.41, 5.74) is 4.58. The molecule has 2 aromatic carbocycles. The largest absolute Gasteiger partial charge is 0.495 e. The number of likely N-dealkylation sites (N-methyl/N-ethyl adjacent to an activating group) is 1. The molecule has 1 amide bonds. The van der Waals surface area contributed by atoms with Crippen molar-refractivity contribution in [2.75, 3.05) is 57.1 Å². The number of aromatic nitrogens is 2. The van der Waals surface area contributed by atoms with Crippen molar-refractivity contribution in [2.45, 2.75) is 45.7 Å². The molecule has 2 aliphatic heterocycles. The maximum Gasteiger partial charge on any atom is 0.236 e. The molecule has 39 heavy (non-hydrogen) atoms. The molecule has 9 heteroatoms. The molecular formula is C30H37N7O2. The van der Waals surface area contributed by atoms with Gasteiger partial charge in [-0.3, -0.25) is 9.69 Å². The number of hydrogen-bond acceptors (Lipinski definition) is 8. The first-order valence-corrected chi connectivity index (χ1v) is 13.6. The van der Waals surface area contributed by atoms with E-state index >= 15 is 0 Å². The molecule has 3 heterocycles. The van der Waals surface area contributed by atoms with E-state index in [1.54, 1.807) is 7.11 Å². The molecule has 2 fully saturated rings. The van der Waals surface area contributed by atoms with Crippen LogP contribution in [0.5, 0.6) is 5.75 Å². The zero-order chi connectivity index (χ0) is 27.7. The number of aryl methyl sites for hydroxylation is 1. The van der Waals surface area contributed by atoms with E-state index in [1.807, 2.05) is 44.0 Å². The van der Waals surface area contributed by atoms with Crippen LogP contribution in [0.1, 0.15) is 48.3 Å². The summed E-state index contributed by atoms with van der Waals surface area (Å²) in [6, 6.07) is 12.6. The van der Waals surface area contributed by atoms with Crippen molar-refractivity contribution in [1.29, 1.82) is 5.26 Å². The number of amides is 1. The molecule has 0 bridgehead atoms. The molecule has 0 spiro atoms. The number of anilines is 2. The van der Waals surface area contributed by atoms with Crippen LogP contribution in [0.4, 0.5) is 11.5 Å². The van der Waals surface area contributed by atoms with Crippen LogP contribution >= 0.6 is 0 Å². The molecule has 1 atom stereocenters. The van der Waals surface area contributed by atoms with E-state index in [0.29, 0.717) is 24.0 Å². The highest BCUT2D eigenvalue weighted by molar-refractivity contribution is 5.94. The average Bonchev–Trinajstić information content (AvgIpc) is 2.94. The number of methoxy groups -OCH3 is 1. The number of carbonyl (C=O) groups excluding carboxylic acids is 1. The predicted octanol–water partition coefficient (Wildman–Crippen LogP) is 4.04. The highest BCUT2D eigenvalue weighted by atomic mass is 16.5. The molecule has 3 aromatic rings. The van der Waals surface area contributed by atoms with Crippen LogP contribution in [0, 0.1) is 25.2 Å². The normalized spacial score (nSPS) is 17.8. The van der Waals surface area contributed by atoms with Gasteiger partial charge >= 0.3 is 0 Å². The van der Waals surface area contributed by atoms with E-state index < -0.39 is 0 Å². The Bertz CT molecular complexity index is 1430. The third kappa shape index (κ3) is 5.34. The van der Waals surface area contributed by atoms with Crippen LogP contribution in [-0.4, -0.2) is 78.6 Å². The molecule has 9 nitrogen and oxygen atoms in total. The fourth-order valence-electron chi connectivity index (χ4n) is 5.87. The topological polar surface area (TPSA) is 97.6 Å². The summed E-state index contributed by atoms with van der Waals surface area (Å²) in [5, 5.41) is 14.0. The SMILES string of the molecule is COc1cc2nc(C)nc(N[C@H](C)c3cccc(C#N)c3C)c2cc1N1CCC(N2CCN(C)C(=O)C2)CC1. The third-order valence-electron chi connectivity index (χ3n) is 8.23. The first-order chi connectivity index (χ1) is 18.8. The highest BCUT2D eigenvalue weighted by Gasteiger charge is 2.31.